The molecule has 0 aliphatic carbocycles. The van der Waals surface area contributed by atoms with E-state index in [1.165, 1.54) is 36.4 Å². The first kappa shape index (κ1) is 14.8. The van der Waals surface area contributed by atoms with Crippen LogP contribution in [0.3, 0.4) is 0 Å². The van der Waals surface area contributed by atoms with Crippen LogP contribution in [0.1, 0.15) is 0 Å². The zero-order valence-corrected chi connectivity index (χ0v) is 12.3. The maximum atomic E-state index is 12.1. The van der Waals surface area contributed by atoms with Crippen molar-refractivity contribution in [1.29, 1.82) is 0 Å². The molecule has 2 aromatic carbocycles. The average molecular weight is 333 g/mol. The van der Waals surface area contributed by atoms with Crippen molar-refractivity contribution in [3.05, 3.63) is 46.4 Å². The molecule has 8 heteroatoms. The summed E-state index contributed by atoms with van der Waals surface area (Å²) in [6.07, 6.45) is 0. The number of anilines is 2. The van der Waals surface area contributed by atoms with Crippen LogP contribution in [0.2, 0.25) is 10.0 Å². The second-order valence-electron chi connectivity index (χ2n) is 3.93. The Bertz CT molecular complexity index is 743. The Morgan fingerprint density at radius 2 is 1.50 bits per heavy atom. The summed E-state index contributed by atoms with van der Waals surface area (Å²) in [5.41, 5.74) is 11.7. The summed E-state index contributed by atoms with van der Waals surface area (Å²) >= 11 is 11.5. The van der Waals surface area contributed by atoms with Crippen molar-refractivity contribution in [2.24, 2.45) is 0 Å². The highest BCUT2D eigenvalue weighted by Crippen LogP contribution is 2.27. The summed E-state index contributed by atoms with van der Waals surface area (Å²) in [6.45, 7) is 0. The fourth-order valence-electron chi connectivity index (χ4n) is 1.45. The summed E-state index contributed by atoms with van der Waals surface area (Å²) in [6, 6.07) is 8.07. The number of hydrogen-bond acceptors (Lipinski definition) is 5. The predicted molar refractivity (Wildman–Crippen MR) is 79.5 cm³/mol. The third-order valence-electron chi connectivity index (χ3n) is 2.39. The van der Waals surface area contributed by atoms with Gasteiger partial charge in [-0.3, -0.25) is 0 Å². The van der Waals surface area contributed by atoms with Crippen molar-refractivity contribution < 1.29 is 12.6 Å². The van der Waals surface area contributed by atoms with Crippen LogP contribution in [-0.4, -0.2) is 8.42 Å². The molecule has 0 aliphatic rings. The van der Waals surface area contributed by atoms with E-state index in [0.717, 1.165) is 0 Å². The summed E-state index contributed by atoms with van der Waals surface area (Å²) in [4.78, 5) is -0.148. The third-order valence-corrected chi connectivity index (χ3v) is 4.05. The maximum absolute atomic E-state index is 12.1. The second kappa shape index (κ2) is 5.40. The van der Waals surface area contributed by atoms with Crippen LogP contribution in [0, 0.1) is 0 Å². The van der Waals surface area contributed by atoms with Crippen molar-refractivity contribution in [3.8, 4) is 5.75 Å². The molecule has 0 amide bonds. The van der Waals surface area contributed by atoms with Gasteiger partial charge in [0.25, 0.3) is 0 Å². The Labute approximate surface area is 126 Å². The second-order valence-corrected chi connectivity index (χ2v) is 6.35. The predicted octanol–water partition coefficient (Wildman–Crippen LogP) is 2.93. The van der Waals surface area contributed by atoms with Gasteiger partial charge in [-0.05, 0) is 30.3 Å². The van der Waals surface area contributed by atoms with Gasteiger partial charge in [-0.25, -0.2) is 0 Å². The van der Waals surface area contributed by atoms with E-state index in [2.05, 4.69) is 0 Å². The van der Waals surface area contributed by atoms with E-state index < -0.39 is 10.1 Å². The topological polar surface area (TPSA) is 95.4 Å². The molecule has 106 valence electrons. The molecule has 0 spiro atoms. The number of nitrogens with two attached hydrogens (primary N) is 2. The van der Waals surface area contributed by atoms with Gasteiger partial charge >= 0.3 is 10.1 Å². The lowest BCUT2D eigenvalue weighted by atomic mass is 10.3. The van der Waals surface area contributed by atoms with E-state index in [-0.39, 0.29) is 26.4 Å². The molecule has 0 heterocycles. The Balaban J connectivity index is 2.37. The lowest BCUT2D eigenvalue weighted by Gasteiger charge is -2.09. The number of halogens is 2. The minimum absolute atomic E-state index is 0.0489. The largest absolute Gasteiger partial charge is 0.397 e. The van der Waals surface area contributed by atoms with Gasteiger partial charge in [-0.1, -0.05) is 23.2 Å². The molecular formula is C12H10Cl2N2O3S. The molecule has 0 saturated heterocycles. The summed E-state index contributed by atoms with van der Waals surface area (Å²) in [5.74, 6) is 0.0489. The van der Waals surface area contributed by atoms with E-state index >= 15 is 0 Å². The highest BCUT2D eigenvalue weighted by Gasteiger charge is 2.18. The van der Waals surface area contributed by atoms with Crippen molar-refractivity contribution in [3.63, 3.8) is 0 Å². The molecule has 0 unspecified atom stereocenters. The maximum Gasteiger partial charge on any atom is 0.339 e. The van der Waals surface area contributed by atoms with Crippen molar-refractivity contribution in [1.82, 2.24) is 0 Å². The smallest absolute Gasteiger partial charge is 0.339 e. The number of nitrogen functional groups attached to an aromatic ring is 2. The van der Waals surface area contributed by atoms with Gasteiger partial charge in [0, 0.05) is 16.1 Å². The summed E-state index contributed by atoms with van der Waals surface area (Å²) in [5, 5.41) is 0.382. The number of rotatable bonds is 3. The number of benzene rings is 2. The SMILES string of the molecule is Nc1ccc(OS(=O)(=O)c2cc(Cl)cc(Cl)c2)cc1N. The minimum Gasteiger partial charge on any atom is -0.397 e. The van der Waals surface area contributed by atoms with E-state index in [1.54, 1.807) is 0 Å². The molecule has 2 rings (SSSR count). The quantitative estimate of drug-likeness (QED) is 0.665. The van der Waals surface area contributed by atoms with Gasteiger partial charge in [-0.2, -0.15) is 8.42 Å². The van der Waals surface area contributed by atoms with Gasteiger partial charge < -0.3 is 15.7 Å². The molecule has 0 atom stereocenters. The first-order valence-electron chi connectivity index (χ1n) is 5.33. The van der Waals surface area contributed by atoms with Crippen LogP contribution in [0.4, 0.5) is 11.4 Å². The molecule has 0 bridgehead atoms. The highest BCUT2D eigenvalue weighted by atomic mass is 35.5. The van der Waals surface area contributed by atoms with Crippen molar-refractivity contribution in [2.75, 3.05) is 11.5 Å². The first-order valence-corrected chi connectivity index (χ1v) is 7.50. The number of hydrogen-bond donors (Lipinski definition) is 2. The Morgan fingerprint density at radius 1 is 0.900 bits per heavy atom. The first-order chi connectivity index (χ1) is 9.28. The van der Waals surface area contributed by atoms with E-state index in [1.807, 2.05) is 0 Å². The van der Waals surface area contributed by atoms with Crippen LogP contribution in [0.25, 0.3) is 0 Å². The fraction of sp³-hybridized carbons (Fsp3) is 0. The average Bonchev–Trinajstić information content (AvgIpc) is 2.32. The van der Waals surface area contributed by atoms with Crippen molar-refractivity contribution in [2.45, 2.75) is 4.90 Å². The molecule has 2 aromatic rings. The van der Waals surface area contributed by atoms with Crippen LogP contribution in [0.15, 0.2) is 41.3 Å². The molecule has 0 aromatic heterocycles. The highest BCUT2D eigenvalue weighted by molar-refractivity contribution is 7.87. The van der Waals surface area contributed by atoms with Gasteiger partial charge in [0.15, 0.2) is 0 Å². The molecule has 0 saturated carbocycles. The van der Waals surface area contributed by atoms with Gasteiger partial charge in [0.1, 0.15) is 10.6 Å². The summed E-state index contributed by atoms with van der Waals surface area (Å²) in [7, 11) is -4.05. The fourth-order valence-corrected chi connectivity index (χ4v) is 3.10. The lowest BCUT2D eigenvalue weighted by molar-refractivity contribution is 0.486. The minimum atomic E-state index is -4.05. The lowest BCUT2D eigenvalue weighted by Crippen LogP contribution is -2.10. The molecule has 5 nitrogen and oxygen atoms in total. The zero-order valence-electron chi connectivity index (χ0n) is 10.0. The van der Waals surface area contributed by atoms with E-state index in [0.29, 0.717) is 5.69 Å². The molecule has 20 heavy (non-hydrogen) atoms. The van der Waals surface area contributed by atoms with E-state index in [4.69, 9.17) is 38.9 Å². The van der Waals surface area contributed by atoms with E-state index in [9.17, 15) is 8.42 Å². The van der Waals surface area contributed by atoms with Crippen LogP contribution in [-0.2, 0) is 10.1 Å². The van der Waals surface area contributed by atoms with Crippen LogP contribution >= 0.6 is 23.2 Å². The Morgan fingerprint density at radius 3 is 2.05 bits per heavy atom. The summed E-state index contributed by atoms with van der Waals surface area (Å²) < 4.78 is 29.1. The molecular weight excluding hydrogens is 323 g/mol. The molecule has 0 aliphatic heterocycles. The van der Waals surface area contributed by atoms with Crippen LogP contribution < -0.4 is 15.7 Å². The standard InChI is InChI=1S/C12H10Cl2N2O3S/c13-7-3-8(14)5-10(4-7)20(17,18)19-9-1-2-11(15)12(16)6-9/h1-6H,15-16H2. The Hall–Kier alpha value is -1.63. The molecule has 0 radical (unpaired) electrons. The monoisotopic (exact) mass is 332 g/mol. The zero-order chi connectivity index (χ0) is 14.9. The van der Waals surface area contributed by atoms with Crippen molar-refractivity contribution >= 4 is 44.7 Å². The third kappa shape index (κ3) is 3.27. The van der Waals surface area contributed by atoms with Gasteiger partial charge in [-0.15, -0.1) is 0 Å². The van der Waals surface area contributed by atoms with Gasteiger partial charge in [0.05, 0.1) is 11.4 Å². The van der Waals surface area contributed by atoms with Gasteiger partial charge in [0.2, 0.25) is 0 Å². The molecule has 0 fully saturated rings. The molecule has 4 N–H and O–H groups in total. The normalized spacial score (nSPS) is 11.3. The van der Waals surface area contributed by atoms with Crippen LogP contribution in [0.5, 0.6) is 5.75 Å². The Kier molecular flexibility index (Phi) is 3.99.